The molecule has 0 radical (unpaired) electrons. The minimum absolute atomic E-state index is 0.00953. The molecule has 4 nitrogen and oxygen atoms in total. The molecule has 0 atom stereocenters. The summed E-state index contributed by atoms with van der Waals surface area (Å²) >= 11 is 0.871. The number of halogens is 4. The summed E-state index contributed by atoms with van der Waals surface area (Å²) in [6.45, 7) is -0.00953. The summed E-state index contributed by atoms with van der Waals surface area (Å²) in [6, 6.07) is 12.3. The van der Waals surface area contributed by atoms with Crippen LogP contribution in [0.4, 0.5) is 17.6 Å². The Kier molecular flexibility index (Phi) is 5.59. The van der Waals surface area contributed by atoms with Crippen molar-refractivity contribution in [2.24, 2.45) is 0 Å². The number of hydrogen-bond acceptors (Lipinski definition) is 4. The Bertz CT molecular complexity index is 978. The van der Waals surface area contributed by atoms with Gasteiger partial charge in [0, 0.05) is 17.5 Å². The number of rotatable bonds is 5. The topological polar surface area (TPSA) is 54.9 Å². The third kappa shape index (κ3) is 4.73. The Hall–Kier alpha value is -2.68. The first kappa shape index (κ1) is 19.1. The number of benzene rings is 2. The molecule has 2 aromatic carbocycles. The van der Waals surface area contributed by atoms with Crippen LogP contribution in [0, 0.1) is 5.82 Å². The fourth-order valence-electron chi connectivity index (χ4n) is 2.30. The zero-order valence-electron chi connectivity index (χ0n) is 13.8. The minimum Gasteiger partial charge on any atom is -0.351 e. The van der Waals surface area contributed by atoms with Crippen molar-refractivity contribution in [3.05, 3.63) is 65.7 Å². The summed E-state index contributed by atoms with van der Waals surface area (Å²) in [6.07, 6.45) is -4.69. The molecule has 1 aromatic heterocycles. The van der Waals surface area contributed by atoms with Gasteiger partial charge in [-0.15, -0.1) is 0 Å². The van der Waals surface area contributed by atoms with Crippen LogP contribution < -0.4 is 5.32 Å². The molecule has 0 spiro atoms. The first-order valence-corrected chi connectivity index (χ1v) is 8.80. The van der Waals surface area contributed by atoms with Crippen molar-refractivity contribution >= 4 is 28.6 Å². The van der Waals surface area contributed by atoms with Crippen molar-refractivity contribution in [1.82, 2.24) is 15.3 Å². The second-order valence-electron chi connectivity index (χ2n) is 5.52. The summed E-state index contributed by atoms with van der Waals surface area (Å²) in [5.41, 5.74) is 0.469. The predicted octanol–water partition coefficient (Wildman–Crippen LogP) is 4.20. The zero-order chi connectivity index (χ0) is 19.4. The fraction of sp³-hybridized carbons (Fsp3) is 0.167. The van der Waals surface area contributed by atoms with E-state index in [0.29, 0.717) is 10.9 Å². The number of fused-ring (bicyclic) bond motifs is 1. The highest BCUT2D eigenvalue weighted by Crippen LogP contribution is 2.31. The second kappa shape index (κ2) is 7.91. The van der Waals surface area contributed by atoms with Gasteiger partial charge in [-0.25, -0.2) is 14.4 Å². The lowest BCUT2D eigenvalue weighted by atomic mass is 10.2. The molecule has 0 bridgehead atoms. The van der Waals surface area contributed by atoms with Gasteiger partial charge in [-0.1, -0.05) is 48.2 Å². The van der Waals surface area contributed by atoms with Crippen molar-refractivity contribution in [1.29, 1.82) is 0 Å². The van der Waals surface area contributed by atoms with Gasteiger partial charge in [0.1, 0.15) is 10.8 Å². The number of thioether (sulfide) groups is 1. The van der Waals surface area contributed by atoms with Crippen molar-refractivity contribution in [2.75, 3.05) is 5.75 Å². The van der Waals surface area contributed by atoms with Crippen LogP contribution in [0.15, 0.2) is 53.6 Å². The maximum Gasteiger partial charge on any atom is 0.451 e. The molecule has 0 unspecified atom stereocenters. The second-order valence-corrected chi connectivity index (χ2v) is 6.49. The first-order chi connectivity index (χ1) is 12.8. The quantitative estimate of drug-likeness (QED) is 0.400. The van der Waals surface area contributed by atoms with Gasteiger partial charge >= 0.3 is 6.18 Å². The monoisotopic (exact) mass is 395 g/mol. The zero-order valence-corrected chi connectivity index (χ0v) is 14.6. The Morgan fingerprint density at radius 1 is 1.04 bits per heavy atom. The summed E-state index contributed by atoms with van der Waals surface area (Å²) in [7, 11) is 0. The van der Waals surface area contributed by atoms with E-state index >= 15 is 0 Å². The Balaban J connectivity index is 1.72. The van der Waals surface area contributed by atoms with Crippen molar-refractivity contribution < 1.29 is 22.4 Å². The molecule has 0 aliphatic rings. The van der Waals surface area contributed by atoms with Crippen LogP contribution in [-0.2, 0) is 17.5 Å². The van der Waals surface area contributed by atoms with Crippen LogP contribution in [0.5, 0.6) is 0 Å². The van der Waals surface area contributed by atoms with Crippen molar-refractivity contribution in [2.45, 2.75) is 17.7 Å². The van der Waals surface area contributed by atoms with Gasteiger partial charge in [-0.2, -0.15) is 13.2 Å². The van der Waals surface area contributed by atoms with E-state index in [0.717, 1.165) is 11.8 Å². The molecule has 0 saturated carbocycles. The van der Waals surface area contributed by atoms with Crippen LogP contribution in [-0.4, -0.2) is 21.6 Å². The number of para-hydroxylation sites is 1. The molecular formula is C18H13F4N3OS. The van der Waals surface area contributed by atoms with Gasteiger partial charge < -0.3 is 5.32 Å². The van der Waals surface area contributed by atoms with Gasteiger partial charge in [0.15, 0.2) is 0 Å². The standard InChI is InChI=1S/C18H13F4N3OS/c19-13-7-3-1-5-11(13)9-23-15(26)10-27-16-12-6-2-4-8-14(12)24-17(25-16)18(20,21)22/h1-8H,9-10H2,(H,23,26). The van der Waals surface area contributed by atoms with Crippen LogP contribution in [0.3, 0.4) is 0 Å². The van der Waals surface area contributed by atoms with Gasteiger partial charge in [0.2, 0.25) is 11.7 Å². The van der Waals surface area contributed by atoms with E-state index in [9.17, 15) is 22.4 Å². The summed E-state index contributed by atoms with van der Waals surface area (Å²) < 4.78 is 52.5. The van der Waals surface area contributed by atoms with Crippen molar-refractivity contribution in [3.63, 3.8) is 0 Å². The maximum atomic E-state index is 13.5. The molecule has 1 N–H and O–H groups in total. The van der Waals surface area contributed by atoms with Gasteiger partial charge in [-0.3, -0.25) is 4.79 Å². The number of amides is 1. The molecule has 0 aliphatic heterocycles. The lowest BCUT2D eigenvalue weighted by Crippen LogP contribution is -2.25. The molecule has 0 aliphatic carbocycles. The van der Waals surface area contributed by atoms with E-state index in [-0.39, 0.29) is 22.8 Å². The van der Waals surface area contributed by atoms with Gasteiger partial charge in [0.05, 0.1) is 11.3 Å². The highest BCUT2D eigenvalue weighted by Gasteiger charge is 2.35. The Morgan fingerprint density at radius 3 is 2.48 bits per heavy atom. The largest absolute Gasteiger partial charge is 0.451 e. The van der Waals surface area contributed by atoms with Gasteiger partial charge in [-0.05, 0) is 12.1 Å². The van der Waals surface area contributed by atoms with Crippen LogP contribution in [0.2, 0.25) is 0 Å². The molecule has 140 valence electrons. The third-order valence-electron chi connectivity index (χ3n) is 3.60. The third-order valence-corrected chi connectivity index (χ3v) is 4.59. The van der Waals surface area contributed by atoms with E-state index in [1.165, 1.54) is 24.3 Å². The molecule has 3 rings (SSSR count). The number of hydrogen-bond donors (Lipinski definition) is 1. The smallest absolute Gasteiger partial charge is 0.351 e. The number of alkyl halides is 3. The molecule has 1 heterocycles. The molecule has 0 fully saturated rings. The van der Waals surface area contributed by atoms with E-state index in [4.69, 9.17) is 0 Å². The van der Waals surface area contributed by atoms with E-state index < -0.39 is 23.7 Å². The van der Waals surface area contributed by atoms with Crippen molar-refractivity contribution in [3.8, 4) is 0 Å². The molecule has 3 aromatic rings. The van der Waals surface area contributed by atoms with E-state index in [2.05, 4.69) is 15.3 Å². The normalized spacial score (nSPS) is 11.6. The lowest BCUT2D eigenvalue weighted by Gasteiger charge is -2.10. The lowest BCUT2D eigenvalue weighted by molar-refractivity contribution is -0.145. The average molecular weight is 395 g/mol. The number of aromatic nitrogens is 2. The molecule has 0 saturated heterocycles. The summed E-state index contributed by atoms with van der Waals surface area (Å²) in [5, 5.41) is 3.03. The first-order valence-electron chi connectivity index (χ1n) is 7.81. The highest BCUT2D eigenvalue weighted by atomic mass is 32.2. The number of nitrogens with one attached hydrogen (secondary N) is 1. The average Bonchev–Trinajstić information content (AvgIpc) is 2.64. The highest BCUT2D eigenvalue weighted by molar-refractivity contribution is 8.00. The maximum absolute atomic E-state index is 13.5. The number of carbonyl (C=O) groups is 1. The molecule has 1 amide bonds. The summed E-state index contributed by atoms with van der Waals surface area (Å²) in [5.74, 6) is -2.30. The minimum atomic E-state index is -4.69. The Labute approximate surface area is 156 Å². The van der Waals surface area contributed by atoms with E-state index in [1.807, 2.05) is 0 Å². The van der Waals surface area contributed by atoms with Crippen LogP contribution in [0.1, 0.15) is 11.4 Å². The molecule has 27 heavy (non-hydrogen) atoms. The summed E-state index contributed by atoms with van der Waals surface area (Å²) in [4.78, 5) is 19.1. The molecule has 9 heteroatoms. The van der Waals surface area contributed by atoms with Crippen LogP contribution in [0.25, 0.3) is 10.9 Å². The number of nitrogens with zero attached hydrogens (tertiary/aromatic N) is 2. The number of carbonyl (C=O) groups excluding carboxylic acids is 1. The predicted molar refractivity (Wildman–Crippen MR) is 93.5 cm³/mol. The SMILES string of the molecule is O=C(CSc1nc(C(F)(F)F)nc2ccccc12)NCc1ccccc1F. The van der Waals surface area contributed by atoms with Crippen LogP contribution >= 0.6 is 11.8 Å². The van der Waals surface area contributed by atoms with Gasteiger partial charge in [0.25, 0.3) is 0 Å². The Morgan fingerprint density at radius 2 is 1.74 bits per heavy atom. The van der Waals surface area contributed by atoms with E-state index in [1.54, 1.807) is 24.3 Å². The fourth-order valence-corrected chi connectivity index (χ4v) is 3.15. The molecular weight excluding hydrogens is 382 g/mol.